The van der Waals surface area contributed by atoms with E-state index in [0.29, 0.717) is 6.54 Å². The van der Waals surface area contributed by atoms with Crippen LogP contribution in [-0.2, 0) is 13.5 Å². The molecule has 0 unspecified atom stereocenters. The molecule has 3 nitrogen and oxygen atoms in total. The predicted octanol–water partition coefficient (Wildman–Crippen LogP) is 2.97. The van der Waals surface area contributed by atoms with Crippen LogP contribution >= 0.6 is 15.9 Å². The molecule has 0 aliphatic carbocycles. The number of rotatable bonds is 3. The van der Waals surface area contributed by atoms with E-state index in [9.17, 15) is 0 Å². The van der Waals surface area contributed by atoms with Gasteiger partial charge in [0.1, 0.15) is 0 Å². The predicted molar refractivity (Wildman–Crippen MR) is 78.6 cm³/mol. The van der Waals surface area contributed by atoms with Crippen LogP contribution in [0.1, 0.15) is 16.8 Å². The third-order valence-corrected chi connectivity index (χ3v) is 3.91. The number of aromatic nitrogens is 2. The van der Waals surface area contributed by atoms with Crippen molar-refractivity contribution in [2.24, 2.45) is 12.8 Å². The second-order valence-corrected chi connectivity index (χ2v) is 5.38. The molecule has 0 bridgehead atoms. The molecule has 0 fully saturated rings. The lowest BCUT2D eigenvalue weighted by atomic mass is 10.0. The van der Waals surface area contributed by atoms with Gasteiger partial charge in [-0.1, -0.05) is 23.8 Å². The Labute approximate surface area is 116 Å². The van der Waals surface area contributed by atoms with Crippen molar-refractivity contribution in [1.82, 2.24) is 9.78 Å². The molecule has 1 aromatic carbocycles. The fourth-order valence-electron chi connectivity index (χ4n) is 2.22. The summed E-state index contributed by atoms with van der Waals surface area (Å²) in [6.45, 7) is 4.85. The number of aryl methyl sites for hydroxylation is 3. The fraction of sp³-hybridized carbons (Fsp3) is 0.357. The van der Waals surface area contributed by atoms with Gasteiger partial charge in [-0.15, -0.1) is 0 Å². The molecule has 0 saturated carbocycles. The van der Waals surface area contributed by atoms with Crippen LogP contribution in [0.15, 0.2) is 22.7 Å². The number of halogens is 1. The lowest BCUT2D eigenvalue weighted by Crippen LogP contribution is -2.04. The molecule has 2 N–H and O–H groups in total. The Morgan fingerprint density at radius 1 is 1.33 bits per heavy atom. The van der Waals surface area contributed by atoms with Gasteiger partial charge in [0.25, 0.3) is 0 Å². The van der Waals surface area contributed by atoms with E-state index in [1.807, 2.05) is 11.7 Å². The van der Waals surface area contributed by atoms with Gasteiger partial charge >= 0.3 is 0 Å². The van der Waals surface area contributed by atoms with Crippen molar-refractivity contribution in [3.05, 3.63) is 39.5 Å². The van der Waals surface area contributed by atoms with E-state index in [-0.39, 0.29) is 0 Å². The molecule has 96 valence electrons. The van der Waals surface area contributed by atoms with Gasteiger partial charge in [0.2, 0.25) is 0 Å². The van der Waals surface area contributed by atoms with Crippen molar-refractivity contribution in [2.75, 3.05) is 6.54 Å². The molecule has 0 saturated heterocycles. The summed E-state index contributed by atoms with van der Waals surface area (Å²) in [4.78, 5) is 0. The largest absolute Gasteiger partial charge is 0.330 e. The quantitative estimate of drug-likeness (QED) is 0.947. The van der Waals surface area contributed by atoms with Crippen LogP contribution in [0.4, 0.5) is 0 Å². The summed E-state index contributed by atoms with van der Waals surface area (Å²) in [5.41, 5.74) is 11.5. The van der Waals surface area contributed by atoms with Crippen molar-refractivity contribution in [2.45, 2.75) is 20.3 Å². The fourth-order valence-corrected chi connectivity index (χ4v) is 2.97. The second kappa shape index (κ2) is 5.24. The van der Waals surface area contributed by atoms with Crippen molar-refractivity contribution < 1.29 is 0 Å². The van der Waals surface area contributed by atoms with Gasteiger partial charge in [0.15, 0.2) is 0 Å². The molecule has 18 heavy (non-hydrogen) atoms. The first-order chi connectivity index (χ1) is 8.54. The average Bonchev–Trinajstić information content (AvgIpc) is 2.56. The molecular weight excluding hydrogens is 290 g/mol. The Bertz CT molecular complexity index is 573. The SMILES string of the molecule is Cc1ccc(-c2c(Br)c(CCN)nn2C)c(C)c1. The Morgan fingerprint density at radius 3 is 2.67 bits per heavy atom. The smallest absolute Gasteiger partial charge is 0.0826 e. The van der Waals surface area contributed by atoms with E-state index in [2.05, 4.69) is 53.1 Å². The van der Waals surface area contributed by atoms with Crippen LogP contribution < -0.4 is 5.73 Å². The van der Waals surface area contributed by atoms with Crippen LogP contribution in [0.3, 0.4) is 0 Å². The highest BCUT2D eigenvalue weighted by atomic mass is 79.9. The van der Waals surface area contributed by atoms with Gasteiger partial charge in [0, 0.05) is 19.0 Å². The van der Waals surface area contributed by atoms with Crippen LogP contribution in [0.5, 0.6) is 0 Å². The molecule has 0 spiro atoms. The van der Waals surface area contributed by atoms with Crippen LogP contribution in [0, 0.1) is 13.8 Å². The third-order valence-electron chi connectivity index (χ3n) is 3.07. The first kappa shape index (κ1) is 13.3. The third kappa shape index (κ3) is 2.35. The van der Waals surface area contributed by atoms with Crippen LogP contribution in [-0.4, -0.2) is 16.3 Å². The highest BCUT2D eigenvalue weighted by molar-refractivity contribution is 9.10. The highest BCUT2D eigenvalue weighted by Gasteiger charge is 2.16. The maximum atomic E-state index is 5.61. The second-order valence-electron chi connectivity index (χ2n) is 4.59. The zero-order valence-electron chi connectivity index (χ0n) is 11.0. The molecule has 4 heteroatoms. The molecule has 0 amide bonds. The molecule has 2 aromatic rings. The molecule has 2 rings (SSSR count). The van der Waals surface area contributed by atoms with Gasteiger partial charge in [-0.25, -0.2) is 0 Å². The van der Waals surface area contributed by atoms with E-state index in [0.717, 1.165) is 22.3 Å². The molecule has 1 aromatic heterocycles. The number of hydrogen-bond acceptors (Lipinski definition) is 2. The molecular formula is C14H18BrN3. The van der Waals surface area contributed by atoms with Crippen molar-refractivity contribution in [3.8, 4) is 11.3 Å². The first-order valence-electron chi connectivity index (χ1n) is 6.03. The van der Waals surface area contributed by atoms with E-state index in [4.69, 9.17) is 5.73 Å². The van der Waals surface area contributed by atoms with Gasteiger partial charge in [-0.2, -0.15) is 5.10 Å². The minimum atomic E-state index is 0.613. The maximum absolute atomic E-state index is 5.61. The minimum absolute atomic E-state index is 0.613. The van der Waals surface area contributed by atoms with Crippen molar-refractivity contribution in [3.63, 3.8) is 0 Å². The number of nitrogens with two attached hydrogens (primary N) is 1. The summed E-state index contributed by atoms with van der Waals surface area (Å²) < 4.78 is 2.98. The first-order valence-corrected chi connectivity index (χ1v) is 6.83. The van der Waals surface area contributed by atoms with E-state index < -0.39 is 0 Å². The lowest BCUT2D eigenvalue weighted by molar-refractivity contribution is 0.745. The standard InChI is InChI=1S/C14H18BrN3/c1-9-4-5-11(10(2)8-9)14-13(15)12(6-7-16)17-18(14)3/h4-5,8H,6-7,16H2,1-3H3. The minimum Gasteiger partial charge on any atom is -0.330 e. The summed E-state index contributed by atoms with van der Waals surface area (Å²) in [6, 6.07) is 6.47. The molecule has 0 aliphatic rings. The summed E-state index contributed by atoms with van der Waals surface area (Å²) in [5.74, 6) is 0. The zero-order valence-corrected chi connectivity index (χ0v) is 12.6. The summed E-state index contributed by atoms with van der Waals surface area (Å²) in [5, 5.41) is 4.53. The van der Waals surface area contributed by atoms with E-state index in [1.54, 1.807) is 0 Å². The Balaban J connectivity index is 2.56. The van der Waals surface area contributed by atoms with Crippen LogP contribution in [0.25, 0.3) is 11.3 Å². The Hall–Kier alpha value is -1.13. The van der Waals surface area contributed by atoms with Gasteiger partial charge in [-0.05, 0) is 41.9 Å². The number of hydrogen-bond donors (Lipinski definition) is 1. The summed E-state index contributed by atoms with van der Waals surface area (Å²) in [7, 11) is 1.97. The zero-order chi connectivity index (χ0) is 13.3. The summed E-state index contributed by atoms with van der Waals surface area (Å²) >= 11 is 3.65. The summed E-state index contributed by atoms with van der Waals surface area (Å²) in [6.07, 6.45) is 0.791. The topological polar surface area (TPSA) is 43.8 Å². The van der Waals surface area contributed by atoms with Crippen molar-refractivity contribution >= 4 is 15.9 Å². The van der Waals surface area contributed by atoms with Crippen molar-refractivity contribution in [1.29, 1.82) is 0 Å². The molecule has 0 radical (unpaired) electrons. The van der Waals surface area contributed by atoms with Gasteiger partial charge < -0.3 is 5.73 Å². The number of nitrogens with zero attached hydrogens (tertiary/aromatic N) is 2. The Morgan fingerprint density at radius 2 is 2.06 bits per heavy atom. The van der Waals surface area contributed by atoms with Crippen LogP contribution in [0.2, 0.25) is 0 Å². The molecule has 1 heterocycles. The number of benzene rings is 1. The van der Waals surface area contributed by atoms with E-state index in [1.165, 1.54) is 16.7 Å². The van der Waals surface area contributed by atoms with Gasteiger partial charge in [0.05, 0.1) is 15.9 Å². The van der Waals surface area contributed by atoms with Gasteiger partial charge in [-0.3, -0.25) is 4.68 Å². The van der Waals surface area contributed by atoms with E-state index >= 15 is 0 Å². The maximum Gasteiger partial charge on any atom is 0.0826 e. The molecule has 0 atom stereocenters. The highest BCUT2D eigenvalue weighted by Crippen LogP contribution is 2.33. The molecule has 0 aliphatic heterocycles. The normalized spacial score (nSPS) is 10.9. The lowest BCUT2D eigenvalue weighted by Gasteiger charge is -2.08. The Kier molecular flexibility index (Phi) is 3.88. The monoisotopic (exact) mass is 307 g/mol. The average molecular weight is 308 g/mol.